The number of rotatable bonds is 3. The van der Waals surface area contributed by atoms with Gasteiger partial charge in [0.1, 0.15) is 0 Å². The Balaban J connectivity index is 1.96. The van der Waals surface area contributed by atoms with Gasteiger partial charge < -0.3 is 9.72 Å². The largest absolute Gasteiger partial charge is 0.389 e. The van der Waals surface area contributed by atoms with Crippen molar-refractivity contribution < 1.29 is 14.3 Å². The minimum Gasteiger partial charge on any atom is -0.389 e. The molecule has 0 fully saturated rings. The zero-order chi connectivity index (χ0) is 13.9. The molecule has 0 aromatic carbocycles. The Hall–Kier alpha value is -2.10. The summed E-state index contributed by atoms with van der Waals surface area (Å²) < 4.78 is 4.84. The van der Waals surface area contributed by atoms with Crippen LogP contribution in [0.3, 0.4) is 0 Å². The van der Waals surface area contributed by atoms with Crippen molar-refractivity contribution in [2.24, 2.45) is 5.41 Å². The number of esters is 2. The molecule has 0 radical (unpaired) electrons. The lowest BCUT2D eigenvalue weighted by Gasteiger charge is -2.22. The van der Waals surface area contributed by atoms with E-state index >= 15 is 0 Å². The highest BCUT2D eigenvalue weighted by Crippen LogP contribution is 2.29. The Morgan fingerprint density at radius 2 is 2.21 bits per heavy atom. The van der Waals surface area contributed by atoms with Gasteiger partial charge in [0.2, 0.25) is 0 Å². The molecule has 0 saturated heterocycles. The molecule has 100 valence electrons. The summed E-state index contributed by atoms with van der Waals surface area (Å²) >= 11 is 0. The zero-order valence-corrected chi connectivity index (χ0v) is 11.1. The molecule has 2 rings (SSSR count). The predicted octanol–water partition coefficient (Wildman–Crippen LogP) is 2.54. The lowest BCUT2D eigenvalue weighted by molar-refractivity contribution is -0.156. The molecule has 1 aromatic heterocycles. The van der Waals surface area contributed by atoms with Crippen LogP contribution in [0.5, 0.6) is 0 Å². The summed E-state index contributed by atoms with van der Waals surface area (Å²) in [4.78, 5) is 26.4. The summed E-state index contributed by atoms with van der Waals surface area (Å²) in [5, 5.41) is 0. The first kappa shape index (κ1) is 13.3. The van der Waals surface area contributed by atoms with E-state index in [1.165, 1.54) is 0 Å². The molecule has 1 aromatic rings. The number of nitrogens with one attached hydrogen (secondary N) is 1. The maximum absolute atomic E-state index is 11.9. The number of ether oxygens (including phenoxy) is 1. The smallest absolute Gasteiger partial charge is 0.345 e. The van der Waals surface area contributed by atoms with E-state index in [0.29, 0.717) is 5.57 Å². The fourth-order valence-electron chi connectivity index (χ4n) is 1.98. The van der Waals surface area contributed by atoms with Crippen molar-refractivity contribution >= 4 is 11.9 Å². The number of aromatic nitrogens is 1. The zero-order valence-electron chi connectivity index (χ0n) is 11.1. The molecule has 1 N–H and O–H groups in total. The maximum Gasteiger partial charge on any atom is 0.345 e. The number of allylic oxidation sites excluding steroid dienone is 2. The van der Waals surface area contributed by atoms with Gasteiger partial charge in [0.15, 0.2) is 0 Å². The second-order valence-corrected chi connectivity index (χ2v) is 5.33. The molecule has 1 aliphatic carbocycles. The molecular weight excluding hydrogens is 242 g/mol. The normalized spacial score (nSPS) is 16.8. The van der Waals surface area contributed by atoms with Crippen molar-refractivity contribution in [1.82, 2.24) is 4.98 Å². The van der Waals surface area contributed by atoms with Crippen LogP contribution in [0.2, 0.25) is 0 Å². The van der Waals surface area contributed by atoms with E-state index in [9.17, 15) is 9.59 Å². The SMILES string of the molecule is CC1(C)C=C(C(=O)OC(=O)Cc2ccc[nH]2)C=CC1. The number of H-pyrrole nitrogens is 1. The lowest BCUT2D eigenvalue weighted by Crippen LogP contribution is -2.19. The highest BCUT2D eigenvalue weighted by molar-refractivity contribution is 5.98. The summed E-state index contributed by atoms with van der Waals surface area (Å²) in [6, 6.07) is 3.56. The average molecular weight is 259 g/mol. The van der Waals surface area contributed by atoms with Crippen molar-refractivity contribution in [3.63, 3.8) is 0 Å². The van der Waals surface area contributed by atoms with Gasteiger partial charge in [-0.3, -0.25) is 4.79 Å². The second-order valence-electron chi connectivity index (χ2n) is 5.33. The molecule has 0 saturated carbocycles. The van der Waals surface area contributed by atoms with E-state index in [0.717, 1.165) is 12.1 Å². The second kappa shape index (κ2) is 5.26. The van der Waals surface area contributed by atoms with E-state index in [4.69, 9.17) is 4.74 Å². The number of carbonyl (C=O) groups excluding carboxylic acids is 2. The van der Waals surface area contributed by atoms with Gasteiger partial charge in [-0.2, -0.15) is 0 Å². The Morgan fingerprint density at radius 1 is 1.42 bits per heavy atom. The third kappa shape index (κ3) is 3.68. The van der Waals surface area contributed by atoms with Crippen molar-refractivity contribution in [2.75, 3.05) is 0 Å². The third-order valence-corrected chi connectivity index (χ3v) is 2.93. The van der Waals surface area contributed by atoms with Crippen LogP contribution in [0.25, 0.3) is 0 Å². The van der Waals surface area contributed by atoms with Gasteiger partial charge in [-0.1, -0.05) is 32.1 Å². The van der Waals surface area contributed by atoms with Crippen LogP contribution in [0.1, 0.15) is 26.0 Å². The summed E-state index contributed by atoms with van der Waals surface area (Å²) in [6.07, 6.45) is 8.14. The van der Waals surface area contributed by atoms with Gasteiger partial charge in [0, 0.05) is 11.9 Å². The molecule has 0 atom stereocenters. The Kier molecular flexibility index (Phi) is 3.69. The van der Waals surface area contributed by atoms with Crippen LogP contribution in [-0.4, -0.2) is 16.9 Å². The molecule has 0 aliphatic heterocycles. The van der Waals surface area contributed by atoms with E-state index in [1.54, 1.807) is 24.4 Å². The number of hydrogen-bond donors (Lipinski definition) is 1. The van der Waals surface area contributed by atoms with Gasteiger partial charge in [0.25, 0.3) is 0 Å². The Morgan fingerprint density at radius 3 is 2.84 bits per heavy atom. The maximum atomic E-state index is 11.9. The minimum atomic E-state index is -0.583. The average Bonchev–Trinajstić information content (AvgIpc) is 2.80. The summed E-state index contributed by atoms with van der Waals surface area (Å²) in [5.74, 6) is -1.13. The number of aromatic amines is 1. The van der Waals surface area contributed by atoms with Crippen molar-refractivity contribution in [2.45, 2.75) is 26.7 Å². The Bertz CT molecular complexity index is 536. The first-order valence-corrected chi connectivity index (χ1v) is 6.23. The molecule has 1 aliphatic rings. The third-order valence-electron chi connectivity index (χ3n) is 2.93. The molecule has 19 heavy (non-hydrogen) atoms. The van der Waals surface area contributed by atoms with Crippen molar-refractivity contribution in [1.29, 1.82) is 0 Å². The van der Waals surface area contributed by atoms with E-state index in [-0.39, 0.29) is 11.8 Å². The lowest BCUT2D eigenvalue weighted by atomic mass is 9.83. The fraction of sp³-hybridized carbons (Fsp3) is 0.333. The first-order chi connectivity index (χ1) is 8.96. The minimum absolute atomic E-state index is 0.0686. The molecule has 4 heteroatoms. The van der Waals surface area contributed by atoms with Crippen LogP contribution in [-0.2, 0) is 20.7 Å². The van der Waals surface area contributed by atoms with Crippen molar-refractivity contribution in [3.8, 4) is 0 Å². The highest BCUT2D eigenvalue weighted by Gasteiger charge is 2.22. The highest BCUT2D eigenvalue weighted by atomic mass is 16.6. The first-order valence-electron chi connectivity index (χ1n) is 6.23. The van der Waals surface area contributed by atoms with Crippen LogP contribution < -0.4 is 0 Å². The molecule has 1 heterocycles. The number of hydrogen-bond acceptors (Lipinski definition) is 3. The molecule has 0 bridgehead atoms. The quantitative estimate of drug-likeness (QED) is 0.670. The monoisotopic (exact) mass is 259 g/mol. The van der Waals surface area contributed by atoms with Gasteiger partial charge in [-0.15, -0.1) is 0 Å². The molecule has 0 unspecified atom stereocenters. The van der Waals surface area contributed by atoms with E-state index in [1.807, 2.05) is 26.0 Å². The topological polar surface area (TPSA) is 59.2 Å². The van der Waals surface area contributed by atoms with Gasteiger partial charge >= 0.3 is 11.9 Å². The fourth-order valence-corrected chi connectivity index (χ4v) is 1.98. The Labute approximate surface area is 112 Å². The predicted molar refractivity (Wildman–Crippen MR) is 71.2 cm³/mol. The van der Waals surface area contributed by atoms with Gasteiger partial charge in [-0.25, -0.2) is 4.79 Å². The summed E-state index contributed by atoms with van der Waals surface area (Å²) in [7, 11) is 0. The van der Waals surface area contributed by atoms with E-state index < -0.39 is 11.9 Å². The van der Waals surface area contributed by atoms with E-state index in [2.05, 4.69) is 4.98 Å². The summed E-state index contributed by atoms with van der Waals surface area (Å²) in [6.45, 7) is 4.06. The van der Waals surface area contributed by atoms with Crippen molar-refractivity contribution in [3.05, 3.63) is 47.8 Å². The van der Waals surface area contributed by atoms with Crippen LogP contribution in [0, 0.1) is 5.41 Å². The van der Waals surface area contributed by atoms with Crippen LogP contribution in [0.4, 0.5) is 0 Å². The standard InChI is InChI=1S/C15H17NO3/c1-15(2)7-3-5-11(10-15)14(18)19-13(17)9-12-6-4-8-16-12/h3-6,8,10,16H,7,9H2,1-2H3. The molecule has 0 amide bonds. The van der Waals surface area contributed by atoms with Gasteiger partial charge in [-0.05, 0) is 24.0 Å². The molecule has 4 nitrogen and oxygen atoms in total. The number of carbonyl (C=O) groups is 2. The molecule has 0 spiro atoms. The van der Waals surface area contributed by atoms with Crippen LogP contribution in [0.15, 0.2) is 42.1 Å². The van der Waals surface area contributed by atoms with Crippen LogP contribution >= 0.6 is 0 Å². The van der Waals surface area contributed by atoms with Gasteiger partial charge in [0.05, 0.1) is 12.0 Å². The summed E-state index contributed by atoms with van der Waals surface area (Å²) in [5.41, 5.74) is 1.09. The molecular formula is C15H17NO3.